The van der Waals surface area contributed by atoms with Crippen molar-refractivity contribution in [3.63, 3.8) is 0 Å². The van der Waals surface area contributed by atoms with E-state index >= 15 is 0 Å². The number of carbonyl (C=O) groups is 3. The smallest absolute Gasteiger partial charge is 0.333 e. The normalized spacial score (nSPS) is 14.0. The Morgan fingerprint density at radius 1 is 0.867 bits per heavy atom. The Balaban J connectivity index is 1.83. The summed E-state index contributed by atoms with van der Waals surface area (Å²) in [4.78, 5) is 39.0. The van der Waals surface area contributed by atoms with Gasteiger partial charge in [0.25, 0.3) is 0 Å². The van der Waals surface area contributed by atoms with E-state index < -0.39 is 11.9 Å². The first kappa shape index (κ1) is 35.0. The lowest BCUT2D eigenvalue weighted by Gasteiger charge is -2.33. The molecular formula is C37H46N2O6. The summed E-state index contributed by atoms with van der Waals surface area (Å²) in [6.07, 6.45) is 12.2. The molecule has 45 heavy (non-hydrogen) atoms. The van der Waals surface area contributed by atoms with Crippen molar-refractivity contribution in [2.24, 2.45) is 0 Å². The fourth-order valence-corrected chi connectivity index (χ4v) is 5.05. The Morgan fingerprint density at radius 2 is 1.40 bits per heavy atom. The summed E-state index contributed by atoms with van der Waals surface area (Å²) in [6.45, 7) is 19.4. The SMILES string of the molecule is C=C(C)C(=O)OCCN(CCOC(=O)C(=C)C)c1ccc(C2=C([O-])C(=C3C=CC(=[N+](CCCC)CCCC)C=C3)C2=O)c(C)c1. The van der Waals surface area contributed by atoms with Crippen LogP contribution >= 0.6 is 0 Å². The number of ketones is 1. The van der Waals surface area contributed by atoms with Gasteiger partial charge in [-0.25, -0.2) is 14.2 Å². The Bertz CT molecular complexity index is 1440. The van der Waals surface area contributed by atoms with E-state index in [1.807, 2.05) is 48.3 Å². The van der Waals surface area contributed by atoms with Crippen molar-refractivity contribution in [1.82, 2.24) is 0 Å². The second-order valence-corrected chi connectivity index (χ2v) is 11.5. The summed E-state index contributed by atoms with van der Waals surface area (Å²) in [5.41, 5.74) is 4.85. The number of aryl methyl sites for hydroxylation is 1. The number of benzene rings is 1. The zero-order valence-corrected chi connectivity index (χ0v) is 27.4. The number of rotatable bonds is 16. The topological polar surface area (TPSA) is 99.0 Å². The minimum Gasteiger partial charge on any atom is -0.871 e. The Hall–Kier alpha value is -4.46. The zero-order chi connectivity index (χ0) is 33.1. The molecule has 0 heterocycles. The van der Waals surface area contributed by atoms with Gasteiger partial charge in [-0.1, -0.05) is 51.7 Å². The first-order chi connectivity index (χ1) is 21.5. The molecule has 0 fully saturated rings. The van der Waals surface area contributed by atoms with Gasteiger partial charge in [0, 0.05) is 53.0 Å². The van der Waals surface area contributed by atoms with E-state index in [2.05, 4.69) is 31.6 Å². The van der Waals surface area contributed by atoms with Crippen LogP contribution < -0.4 is 10.0 Å². The molecule has 8 heteroatoms. The van der Waals surface area contributed by atoms with Gasteiger partial charge in [-0.15, -0.1) is 0 Å². The van der Waals surface area contributed by atoms with Gasteiger partial charge in [0.2, 0.25) is 0 Å². The molecule has 0 atom stereocenters. The predicted molar refractivity (Wildman–Crippen MR) is 177 cm³/mol. The minimum atomic E-state index is -0.486. The van der Waals surface area contributed by atoms with Gasteiger partial charge < -0.3 is 19.5 Å². The number of carbonyl (C=O) groups excluding carboxylic acids is 3. The highest BCUT2D eigenvalue weighted by Crippen LogP contribution is 2.39. The van der Waals surface area contributed by atoms with Crippen LogP contribution in [0.15, 0.2) is 83.7 Å². The Kier molecular flexibility index (Phi) is 12.9. The average molecular weight is 615 g/mol. The van der Waals surface area contributed by atoms with Crippen molar-refractivity contribution in [2.75, 3.05) is 44.3 Å². The highest BCUT2D eigenvalue weighted by atomic mass is 16.5. The second-order valence-electron chi connectivity index (χ2n) is 11.5. The number of hydrogen-bond donors (Lipinski definition) is 0. The van der Waals surface area contributed by atoms with Gasteiger partial charge >= 0.3 is 11.9 Å². The second kappa shape index (κ2) is 16.6. The number of hydrogen-bond acceptors (Lipinski definition) is 7. The van der Waals surface area contributed by atoms with Crippen molar-refractivity contribution < 1.29 is 33.5 Å². The maximum atomic E-state index is 13.3. The average Bonchev–Trinajstić information content (AvgIpc) is 3.01. The molecule has 0 N–H and O–H groups in total. The van der Waals surface area contributed by atoms with Crippen LogP contribution in [0.3, 0.4) is 0 Å². The highest BCUT2D eigenvalue weighted by molar-refractivity contribution is 6.39. The molecule has 0 bridgehead atoms. The summed E-state index contributed by atoms with van der Waals surface area (Å²) < 4.78 is 12.9. The van der Waals surface area contributed by atoms with Gasteiger partial charge in [-0.2, -0.15) is 0 Å². The molecule has 0 radical (unpaired) electrons. The van der Waals surface area contributed by atoms with E-state index in [1.54, 1.807) is 19.9 Å². The van der Waals surface area contributed by atoms with Crippen molar-refractivity contribution in [3.8, 4) is 0 Å². The standard InChI is InChI=1S/C37H46N2O6/c1-8-10-18-38(19-11-9-2)29-14-12-28(13-15-29)32-34(40)33(35(32)41)31-17-16-30(24-27(31)7)39(20-22-44-36(42)25(3)4)21-23-45-37(43)26(5)6/h12-17,24H,3,5,8-11,18-23H2,1-2,4,6-7H3. The van der Waals surface area contributed by atoms with Gasteiger partial charge in [0.1, 0.15) is 26.3 Å². The molecule has 1 aromatic rings. The first-order valence-electron chi connectivity index (χ1n) is 15.7. The fourth-order valence-electron chi connectivity index (χ4n) is 5.05. The molecule has 3 rings (SSSR count). The van der Waals surface area contributed by atoms with Crippen molar-refractivity contribution in [3.05, 3.63) is 94.8 Å². The van der Waals surface area contributed by atoms with Gasteiger partial charge in [-0.3, -0.25) is 4.79 Å². The van der Waals surface area contributed by atoms with Crippen LogP contribution in [0.2, 0.25) is 0 Å². The van der Waals surface area contributed by atoms with Crippen LogP contribution in [-0.4, -0.2) is 67.4 Å². The number of esters is 2. The molecule has 0 aromatic heterocycles. The zero-order valence-electron chi connectivity index (χ0n) is 27.4. The fraction of sp³-hybridized carbons (Fsp3) is 0.405. The molecule has 0 amide bonds. The number of nitrogens with zero attached hydrogens (tertiary/aromatic N) is 2. The Morgan fingerprint density at radius 3 is 1.84 bits per heavy atom. The predicted octanol–water partition coefficient (Wildman–Crippen LogP) is 5.17. The van der Waals surface area contributed by atoms with Gasteiger partial charge in [-0.05, 0) is 61.8 Å². The van der Waals surface area contributed by atoms with E-state index in [4.69, 9.17) is 9.47 Å². The molecule has 1 aromatic carbocycles. The monoisotopic (exact) mass is 614 g/mol. The van der Waals surface area contributed by atoms with E-state index in [0.29, 0.717) is 35.4 Å². The maximum absolute atomic E-state index is 13.3. The summed E-state index contributed by atoms with van der Waals surface area (Å²) in [7, 11) is 0. The van der Waals surface area contributed by atoms with E-state index in [9.17, 15) is 19.5 Å². The molecule has 240 valence electrons. The summed E-state index contributed by atoms with van der Waals surface area (Å²) in [5, 5.41) is 13.3. The van der Waals surface area contributed by atoms with Crippen molar-refractivity contribution in [2.45, 2.75) is 60.3 Å². The van der Waals surface area contributed by atoms with E-state index in [1.165, 1.54) is 0 Å². The summed E-state index contributed by atoms with van der Waals surface area (Å²) in [5.74, 6) is -1.48. The number of unbranched alkanes of at least 4 members (excludes halogenated alkanes) is 2. The lowest BCUT2D eigenvalue weighted by molar-refractivity contribution is -0.527. The molecule has 0 saturated carbocycles. The number of anilines is 1. The van der Waals surface area contributed by atoms with Crippen molar-refractivity contribution >= 4 is 34.7 Å². The summed E-state index contributed by atoms with van der Waals surface area (Å²) in [6, 6.07) is 5.45. The molecule has 2 aliphatic rings. The first-order valence-corrected chi connectivity index (χ1v) is 15.7. The van der Waals surface area contributed by atoms with Crippen LogP contribution in [0, 0.1) is 6.92 Å². The molecule has 0 aliphatic heterocycles. The molecule has 0 saturated heterocycles. The lowest BCUT2D eigenvalue weighted by atomic mass is 9.79. The van der Waals surface area contributed by atoms with E-state index in [-0.39, 0.29) is 35.9 Å². The van der Waals surface area contributed by atoms with Crippen LogP contribution in [0.4, 0.5) is 5.69 Å². The largest absolute Gasteiger partial charge is 0.871 e. The minimum absolute atomic E-state index is 0.0986. The van der Waals surface area contributed by atoms with Crippen LogP contribution in [-0.2, 0) is 23.9 Å². The van der Waals surface area contributed by atoms with E-state index in [0.717, 1.165) is 55.7 Å². The third-order valence-electron chi connectivity index (χ3n) is 7.72. The summed E-state index contributed by atoms with van der Waals surface area (Å²) >= 11 is 0. The lowest BCUT2D eigenvalue weighted by Crippen LogP contribution is -2.33. The van der Waals surface area contributed by atoms with Crippen molar-refractivity contribution in [1.29, 1.82) is 0 Å². The van der Waals surface area contributed by atoms with Crippen LogP contribution in [0.1, 0.15) is 64.5 Å². The third-order valence-corrected chi connectivity index (χ3v) is 7.72. The highest BCUT2D eigenvalue weighted by Gasteiger charge is 2.31. The molecule has 2 aliphatic carbocycles. The molecule has 8 nitrogen and oxygen atoms in total. The number of allylic oxidation sites excluding steroid dienone is 7. The van der Waals surface area contributed by atoms with Gasteiger partial charge in [0.05, 0.1) is 13.1 Å². The number of Topliss-reactive ketones (excluding diaryl/α,β-unsaturated/α-hetero) is 1. The molecule has 0 unspecified atom stereocenters. The molecular weight excluding hydrogens is 568 g/mol. The quantitative estimate of drug-likeness (QED) is 0.144. The Labute approximate surface area is 267 Å². The maximum Gasteiger partial charge on any atom is 0.333 e. The van der Waals surface area contributed by atoms with Crippen LogP contribution in [0.25, 0.3) is 5.57 Å². The number of ether oxygens (including phenoxy) is 2. The van der Waals surface area contributed by atoms with Crippen LogP contribution in [0.5, 0.6) is 0 Å². The molecule has 0 spiro atoms. The van der Waals surface area contributed by atoms with Gasteiger partial charge in [0.15, 0.2) is 11.5 Å². The third kappa shape index (κ3) is 9.03.